The first-order chi connectivity index (χ1) is 30.6. The van der Waals surface area contributed by atoms with Crippen LogP contribution in [0.2, 0.25) is 0 Å². The zero-order valence-corrected chi connectivity index (χ0v) is 41.3. The second kappa shape index (κ2) is 25.6. The number of carbonyl (C=O) groups is 6. The van der Waals surface area contributed by atoms with Gasteiger partial charge >= 0.3 is 5.97 Å². The lowest BCUT2D eigenvalue weighted by Gasteiger charge is -2.46. The molecule has 66 heavy (non-hydrogen) atoms. The lowest BCUT2D eigenvalue weighted by molar-refractivity contribution is -0.197. The Kier molecular flexibility index (Phi) is 21.9. The number of fused-ring (bicyclic) bond motifs is 3. The van der Waals surface area contributed by atoms with Crippen LogP contribution in [0.1, 0.15) is 161 Å². The summed E-state index contributed by atoms with van der Waals surface area (Å²) >= 11 is 0. The molecule has 3 aliphatic heterocycles. The third kappa shape index (κ3) is 14.9. The molecular weight excluding hydrogens is 837 g/mol. The molecule has 15 atom stereocenters. The maximum atomic E-state index is 14.7. The van der Waals surface area contributed by atoms with E-state index in [1.165, 1.54) is 11.8 Å². The molecular formula is C54H86N2O10. The number of nitrogens with zero attached hydrogens (tertiary/aromatic N) is 1. The quantitative estimate of drug-likeness (QED) is 0.140. The Morgan fingerprint density at radius 2 is 1.56 bits per heavy atom. The number of ketones is 3. The standard InChI is InChI=1S/C53H82N2O10.CH4/c1-31-17-13-12-14-18-32(2)33(3)29-43-22-20-39(9)53(65-43,54-41(11)56)50(61)51(62)55-24-16-15-19-44(55)52(63)64-47(36(6)28-42-21-23-45(57)35(5)27-42)30-46(58)34(4)26-38(8)49(60)40(10)48(59)37(7)25-31;/h12-14,17-18,26,31,33-37,39-40,42-45,47,49,57,60H,15-16,19-25,27-30H2,1-11H3,(H,54,56);1H4/b14-12+,17-13+,32-18+,38-26+;/t31-,33+,34-,35-,36-,37-,39-,40+,42?,43+,44+,45-,47?,49-,53-;/m1./s1. The van der Waals surface area contributed by atoms with Crippen molar-refractivity contribution in [3.63, 3.8) is 0 Å². The van der Waals surface area contributed by atoms with Crippen LogP contribution in [0.5, 0.6) is 0 Å². The van der Waals surface area contributed by atoms with Gasteiger partial charge in [0.2, 0.25) is 11.6 Å². The van der Waals surface area contributed by atoms with E-state index in [0.29, 0.717) is 56.9 Å². The van der Waals surface area contributed by atoms with E-state index in [4.69, 9.17) is 9.47 Å². The summed E-state index contributed by atoms with van der Waals surface area (Å²) in [5, 5.41) is 24.6. The van der Waals surface area contributed by atoms with E-state index in [9.17, 15) is 39.0 Å². The van der Waals surface area contributed by atoms with Crippen LogP contribution in [-0.2, 0) is 38.2 Å². The van der Waals surface area contributed by atoms with Gasteiger partial charge in [0.1, 0.15) is 23.7 Å². The van der Waals surface area contributed by atoms with Crippen LogP contribution in [-0.4, -0.2) is 93.0 Å². The Bertz CT molecular complexity index is 1820. The van der Waals surface area contributed by atoms with Crippen LogP contribution >= 0.6 is 0 Å². The summed E-state index contributed by atoms with van der Waals surface area (Å²) in [4.78, 5) is 85.5. The first-order valence-corrected chi connectivity index (χ1v) is 24.7. The molecule has 2 amide bonds. The SMILES string of the molecule is C.CC(=O)N[C@@]12O[C@@H](CC[C@H]1C)C[C@H](C)/C(C)=C/C=C/C=C/[C@@H](C)C[C@@H](C)C(=O)[C@H](C)[C@H](O)/C(C)=C/[C@@H](C)C(=O)CC([C@H](C)CC1CC[C@@H](O)[C@H](C)C1)OC(=O)[C@@H]1CCCCN1C(=O)C2=O. The molecule has 0 spiro atoms. The number of esters is 1. The molecule has 372 valence electrons. The van der Waals surface area contributed by atoms with Gasteiger partial charge in [0.05, 0.1) is 18.3 Å². The highest BCUT2D eigenvalue weighted by Gasteiger charge is 2.54. The van der Waals surface area contributed by atoms with Crippen LogP contribution in [0.25, 0.3) is 0 Å². The molecule has 12 nitrogen and oxygen atoms in total. The summed E-state index contributed by atoms with van der Waals surface area (Å²) in [5.74, 6) is -5.26. The van der Waals surface area contributed by atoms with Crippen molar-refractivity contribution in [3.8, 4) is 0 Å². The average molecular weight is 923 g/mol. The largest absolute Gasteiger partial charge is 0.460 e. The predicted octanol–water partition coefficient (Wildman–Crippen LogP) is 8.82. The van der Waals surface area contributed by atoms with E-state index in [-0.39, 0.29) is 80.0 Å². The lowest BCUT2D eigenvalue weighted by Crippen LogP contribution is -2.67. The number of rotatable bonds is 4. The Hall–Kier alpha value is -3.74. The second-order valence-electron chi connectivity index (χ2n) is 20.8. The smallest absolute Gasteiger partial charge is 0.329 e. The van der Waals surface area contributed by atoms with Crippen molar-refractivity contribution in [1.29, 1.82) is 0 Å². The number of allylic oxidation sites excluding steroid dienone is 7. The fourth-order valence-corrected chi connectivity index (χ4v) is 10.7. The summed E-state index contributed by atoms with van der Waals surface area (Å²) in [6, 6.07) is -1.09. The molecule has 0 radical (unpaired) electrons. The van der Waals surface area contributed by atoms with E-state index in [0.717, 1.165) is 18.4 Å². The minimum absolute atomic E-state index is 0. The maximum absolute atomic E-state index is 14.7. The molecule has 4 rings (SSSR count). The predicted molar refractivity (Wildman–Crippen MR) is 259 cm³/mol. The fourth-order valence-electron chi connectivity index (χ4n) is 10.7. The first-order valence-electron chi connectivity index (χ1n) is 24.7. The molecule has 3 fully saturated rings. The van der Waals surface area contributed by atoms with Crippen molar-refractivity contribution in [2.45, 2.75) is 197 Å². The Balaban J connectivity index is 0.0000116. The molecule has 12 heteroatoms. The van der Waals surface area contributed by atoms with Gasteiger partial charge in [0.15, 0.2) is 0 Å². The molecule has 3 N–H and O–H groups in total. The molecule has 0 aromatic rings. The molecule has 2 unspecified atom stereocenters. The molecule has 1 saturated carbocycles. The van der Waals surface area contributed by atoms with E-state index in [1.54, 1.807) is 33.8 Å². The van der Waals surface area contributed by atoms with Crippen LogP contribution in [0.15, 0.2) is 47.6 Å². The summed E-state index contributed by atoms with van der Waals surface area (Å²) in [6.45, 7) is 20.5. The van der Waals surface area contributed by atoms with Crippen molar-refractivity contribution >= 4 is 35.1 Å². The van der Waals surface area contributed by atoms with E-state index in [1.807, 2.05) is 52.0 Å². The molecule has 0 aromatic heterocycles. The van der Waals surface area contributed by atoms with Crippen molar-refractivity contribution in [2.75, 3.05) is 6.54 Å². The van der Waals surface area contributed by atoms with Gasteiger partial charge in [0.25, 0.3) is 11.7 Å². The van der Waals surface area contributed by atoms with Crippen LogP contribution in [0.3, 0.4) is 0 Å². The summed E-state index contributed by atoms with van der Waals surface area (Å²) in [7, 11) is 0. The third-order valence-electron chi connectivity index (χ3n) is 15.2. The lowest BCUT2D eigenvalue weighted by atomic mass is 9.75. The van der Waals surface area contributed by atoms with Crippen molar-refractivity contribution < 1.29 is 48.5 Å². The number of piperidine rings is 1. The number of cyclic esters (lactones) is 1. The molecule has 0 aromatic carbocycles. The van der Waals surface area contributed by atoms with E-state index in [2.05, 4.69) is 25.2 Å². The number of Topliss-reactive ketones (excluding diaryl/α,β-unsaturated/α-hetero) is 3. The monoisotopic (exact) mass is 923 g/mol. The minimum Gasteiger partial charge on any atom is -0.460 e. The van der Waals surface area contributed by atoms with Gasteiger partial charge in [-0.2, -0.15) is 0 Å². The normalized spacial score (nSPS) is 39.7. The first kappa shape index (κ1) is 56.6. The van der Waals surface area contributed by atoms with Gasteiger partial charge in [0, 0.05) is 43.6 Å². The maximum Gasteiger partial charge on any atom is 0.329 e. The van der Waals surface area contributed by atoms with E-state index < -0.39 is 71.4 Å². The fraction of sp³-hybridized carbons (Fsp3) is 0.741. The number of ether oxygens (including phenoxy) is 2. The van der Waals surface area contributed by atoms with E-state index >= 15 is 0 Å². The van der Waals surface area contributed by atoms with Crippen molar-refractivity contribution in [1.82, 2.24) is 10.2 Å². The Morgan fingerprint density at radius 3 is 2.23 bits per heavy atom. The number of carbonyl (C=O) groups excluding carboxylic acids is 6. The Labute approximate surface area is 396 Å². The number of amides is 2. The van der Waals surface area contributed by atoms with Crippen molar-refractivity contribution in [3.05, 3.63) is 47.6 Å². The zero-order chi connectivity index (χ0) is 48.3. The highest BCUT2D eigenvalue weighted by atomic mass is 16.5. The number of nitrogens with one attached hydrogen (secondary N) is 1. The van der Waals surface area contributed by atoms with Gasteiger partial charge < -0.3 is 29.9 Å². The van der Waals surface area contributed by atoms with Crippen LogP contribution in [0, 0.1) is 53.3 Å². The van der Waals surface area contributed by atoms with Crippen molar-refractivity contribution in [2.24, 2.45) is 53.3 Å². The summed E-state index contributed by atoms with van der Waals surface area (Å²) in [6.07, 6.45) is 15.4. The number of aliphatic hydroxyl groups is 2. The zero-order valence-electron chi connectivity index (χ0n) is 41.3. The highest BCUT2D eigenvalue weighted by molar-refractivity contribution is 6.39. The highest BCUT2D eigenvalue weighted by Crippen LogP contribution is 2.39. The summed E-state index contributed by atoms with van der Waals surface area (Å²) in [5.41, 5.74) is -0.333. The van der Waals surface area contributed by atoms with Crippen LogP contribution < -0.4 is 5.32 Å². The van der Waals surface area contributed by atoms with Crippen LogP contribution in [0.4, 0.5) is 0 Å². The molecule has 2 bridgehead atoms. The van der Waals surface area contributed by atoms with Gasteiger partial charge in [-0.05, 0) is 120 Å². The molecule has 2 saturated heterocycles. The number of aliphatic hydroxyl groups excluding tert-OH is 2. The average Bonchev–Trinajstić information content (AvgIpc) is 3.26. The molecule has 3 heterocycles. The second-order valence-corrected chi connectivity index (χ2v) is 20.8. The topological polar surface area (TPSA) is 177 Å². The third-order valence-corrected chi connectivity index (χ3v) is 15.2. The molecule has 1 aliphatic carbocycles. The van der Waals surface area contributed by atoms with Gasteiger partial charge in [-0.3, -0.25) is 24.0 Å². The van der Waals surface area contributed by atoms with Gasteiger partial charge in [-0.15, -0.1) is 0 Å². The minimum atomic E-state index is -1.93. The summed E-state index contributed by atoms with van der Waals surface area (Å²) < 4.78 is 12.9. The Morgan fingerprint density at radius 1 is 0.864 bits per heavy atom. The molecule has 4 aliphatic rings. The van der Waals surface area contributed by atoms with Gasteiger partial charge in [-0.1, -0.05) is 105 Å². The number of hydrogen-bond donors (Lipinski definition) is 3. The van der Waals surface area contributed by atoms with Gasteiger partial charge in [-0.25, -0.2) is 4.79 Å². The number of hydrogen-bond acceptors (Lipinski definition) is 10.